The van der Waals surface area contributed by atoms with Gasteiger partial charge in [0, 0.05) is 6.21 Å². The van der Waals surface area contributed by atoms with Crippen molar-refractivity contribution in [3.63, 3.8) is 0 Å². The largest absolute Gasteiger partial charge is 1.00 e. The molecule has 4 nitrogen and oxygen atoms in total. The zero-order valence-corrected chi connectivity index (χ0v) is 18.9. The Hall–Kier alpha value is 0.480. The van der Waals surface area contributed by atoms with Crippen LogP contribution in [0.25, 0.3) is 0 Å². The first-order valence-electron chi connectivity index (χ1n) is 5.76. The Morgan fingerprint density at radius 2 is 1.36 bits per heavy atom. The van der Waals surface area contributed by atoms with E-state index in [1.807, 2.05) is 66.9 Å². The van der Waals surface area contributed by atoms with E-state index in [0.29, 0.717) is 0 Å². The summed E-state index contributed by atoms with van der Waals surface area (Å²) in [5, 5.41) is 0. The smallest absolute Gasteiger partial charge is 0.747 e. The van der Waals surface area contributed by atoms with Crippen molar-refractivity contribution in [2.45, 2.75) is 1.26 Å². The molecule has 112 valence electrons. The minimum Gasteiger partial charge on any atom is -0.747 e. The summed E-state index contributed by atoms with van der Waals surface area (Å²) in [5.41, 5.74) is 2.10. The van der Waals surface area contributed by atoms with E-state index in [1.165, 1.54) is 45.2 Å². The maximum atomic E-state index is 9.76. The number of hydrogen-bond donors (Lipinski definition) is 0. The number of para-hydroxylation sites is 1. The van der Waals surface area contributed by atoms with Crippen molar-refractivity contribution in [1.29, 1.82) is 0 Å². The predicted octanol–water partition coefficient (Wildman–Crippen LogP) is 1.13. The zero-order valence-electron chi connectivity index (χ0n) is 11.8. The summed E-state index contributed by atoms with van der Waals surface area (Å²) in [6.45, 7) is 0. The number of benzene rings is 2. The van der Waals surface area contributed by atoms with Gasteiger partial charge in [-0.05, 0) is 17.7 Å². The molecule has 0 aliphatic rings. The van der Waals surface area contributed by atoms with Crippen LogP contribution in [0.4, 0.5) is 5.69 Å². The summed E-state index contributed by atoms with van der Waals surface area (Å²) in [6, 6.07) is 20.0. The average Bonchev–Trinajstić information content (AvgIpc) is 2.47. The number of halogens is 2. The van der Waals surface area contributed by atoms with Crippen LogP contribution in [0.2, 0.25) is 0 Å². The fourth-order valence-corrected chi connectivity index (χ4v) is 1.20. The molecule has 0 N–H and O–H groups in total. The van der Waals surface area contributed by atoms with E-state index in [9.17, 15) is 13.0 Å². The molecule has 2 aromatic rings. The first-order chi connectivity index (χ1) is 9.89. The first kappa shape index (κ1) is 22.5. The van der Waals surface area contributed by atoms with Gasteiger partial charge in [-0.15, -0.1) is 0 Å². The number of hydrogen-bond acceptors (Lipinski definition) is 4. The van der Waals surface area contributed by atoms with Crippen molar-refractivity contribution in [2.75, 3.05) is 0 Å². The predicted molar refractivity (Wildman–Crippen MR) is 102 cm³/mol. The van der Waals surface area contributed by atoms with Crippen LogP contribution in [0.15, 0.2) is 65.7 Å². The molecule has 22 heavy (non-hydrogen) atoms. The third-order valence-electron chi connectivity index (χ3n) is 2.14. The molecule has 0 fully saturated rings. The second kappa shape index (κ2) is 11.9. The number of alkyl halides is 2. The molecule has 0 aliphatic carbocycles. The van der Waals surface area contributed by atoms with E-state index in [0.717, 1.165) is 11.3 Å². The molecular weight excluding hydrogens is 539 g/mol. The standard InChI is InChI=1S/C13H11N.CH2I2O3S.Na/c1-3-7-12(8-4-1)11-14-13-9-5-2-6-10-13;2-1(3)7(4,5)6;/h1-11H;1H,(H,4,5,6);/q;;+1/p-1/b14-11+;;. The van der Waals surface area contributed by atoms with Gasteiger partial charge >= 0.3 is 29.6 Å². The van der Waals surface area contributed by atoms with Crippen molar-refractivity contribution >= 4 is 67.2 Å². The van der Waals surface area contributed by atoms with E-state index >= 15 is 0 Å². The Balaban J connectivity index is 0.000000478. The van der Waals surface area contributed by atoms with Crippen LogP contribution >= 0.6 is 45.2 Å². The quantitative estimate of drug-likeness (QED) is 0.189. The van der Waals surface area contributed by atoms with E-state index in [4.69, 9.17) is 0 Å². The minimum atomic E-state index is -4.02. The molecule has 0 heterocycles. The average molecular weight is 551 g/mol. The molecule has 0 spiro atoms. The maximum Gasteiger partial charge on any atom is 1.00 e. The Labute approximate surface area is 180 Å². The van der Waals surface area contributed by atoms with Crippen LogP contribution in [0, 0.1) is 0 Å². The molecule has 0 saturated carbocycles. The molecule has 0 saturated heterocycles. The van der Waals surface area contributed by atoms with Gasteiger partial charge in [-0.2, -0.15) is 0 Å². The second-order valence-electron chi connectivity index (χ2n) is 3.76. The molecule has 0 atom stereocenters. The summed E-state index contributed by atoms with van der Waals surface area (Å²) >= 11 is 3.07. The number of aliphatic imine (C=N–C) groups is 1. The zero-order chi connectivity index (χ0) is 15.7. The second-order valence-corrected chi connectivity index (χ2v) is 11.8. The Morgan fingerprint density at radius 1 is 0.955 bits per heavy atom. The SMILES string of the molecule is C(=N\c1ccccc1)/c1ccccc1.O=S(=O)([O-])C(I)I.[Na+]. The third kappa shape index (κ3) is 10.3. The van der Waals surface area contributed by atoms with Gasteiger partial charge in [-0.3, -0.25) is 4.99 Å². The molecular formula is C14H12I2NNaO3S. The van der Waals surface area contributed by atoms with Gasteiger partial charge in [0.15, 0.2) is 1.26 Å². The van der Waals surface area contributed by atoms with E-state index in [1.54, 1.807) is 0 Å². The van der Waals surface area contributed by atoms with Gasteiger partial charge < -0.3 is 4.55 Å². The van der Waals surface area contributed by atoms with Crippen LogP contribution in [0.5, 0.6) is 0 Å². The normalized spacial score (nSPS) is 10.7. The van der Waals surface area contributed by atoms with E-state index in [2.05, 4.69) is 4.99 Å². The van der Waals surface area contributed by atoms with Crippen molar-refractivity contribution < 1.29 is 42.5 Å². The molecule has 0 aromatic heterocycles. The number of nitrogens with zero attached hydrogens (tertiary/aromatic N) is 1. The van der Waals surface area contributed by atoms with Gasteiger partial charge in [-0.1, -0.05) is 93.7 Å². The molecule has 0 amide bonds. The summed E-state index contributed by atoms with van der Waals surface area (Å²) in [6.07, 6.45) is 1.87. The summed E-state index contributed by atoms with van der Waals surface area (Å²) in [5.74, 6) is 0. The molecule has 0 unspecified atom stereocenters. The van der Waals surface area contributed by atoms with Crippen LogP contribution in [0.1, 0.15) is 5.56 Å². The van der Waals surface area contributed by atoms with Gasteiger partial charge in [0.2, 0.25) is 0 Å². The summed E-state index contributed by atoms with van der Waals surface area (Å²) < 4.78 is 28.4. The number of rotatable bonds is 3. The fraction of sp³-hybridized carbons (Fsp3) is 0.0714. The molecule has 0 bridgehead atoms. The van der Waals surface area contributed by atoms with E-state index < -0.39 is 11.4 Å². The van der Waals surface area contributed by atoms with Gasteiger partial charge in [0.25, 0.3) is 0 Å². The molecule has 8 heteroatoms. The minimum absolute atomic E-state index is 0. The van der Waals surface area contributed by atoms with Crippen LogP contribution in [0.3, 0.4) is 0 Å². The van der Waals surface area contributed by atoms with Crippen LogP contribution in [-0.4, -0.2) is 20.4 Å². The Morgan fingerprint density at radius 3 is 1.77 bits per heavy atom. The van der Waals surface area contributed by atoms with Crippen molar-refractivity contribution in [1.82, 2.24) is 0 Å². The fourth-order valence-electron chi connectivity index (χ4n) is 1.20. The molecule has 0 aliphatic heterocycles. The molecule has 2 aromatic carbocycles. The topological polar surface area (TPSA) is 69.6 Å². The van der Waals surface area contributed by atoms with Gasteiger partial charge in [0.05, 0.1) is 5.69 Å². The Bertz CT molecular complexity index is 624. The molecule has 2 rings (SSSR count). The van der Waals surface area contributed by atoms with Gasteiger partial charge in [-0.25, -0.2) is 8.42 Å². The van der Waals surface area contributed by atoms with Crippen molar-refractivity contribution in [2.24, 2.45) is 4.99 Å². The van der Waals surface area contributed by atoms with Gasteiger partial charge in [0.1, 0.15) is 10.1 Å². The van der Waals surface area contributed by atoms with Crippen LogP contribution < -0.4 is 29.6 Å². The third-order valence-corrected chi connectivity index (χ3v) is 6.31. The first-order valence-corrected chi connectivity index (χ1v) is 9.73. The monoisotopic (exact) mass is 551 g/mol. The Kier molecular flexibility index (Phi) is 12.2. The van der Waals surface area contributed by atoms with Crippen molar-refractivity contribution in [3.8, 4) is 0 Å². The summed E-state index contributed by atoms with van der Waals surface area (Å²) in [4.78, 5) is 4.35. The summed E-state index contributed by atoms with van der Waals surface area (Å²) in [7, 11) is -4.02. The maximum absolute atomic E-state index is 9.76. The molecule has 0 radical (unpaired) electrons. The van der Waals surface area contributed by atoms with Crippen LogP contribution in [-0.2, 0) is 10.1 Å². The van der Waals surface area contributed by atoms with Crippen molar-refractivity contribution in [3.05, 3.63) is 66.2 Å². The van der Waals surface area contributed by atoms with E-state index in [-0.39, 0.29) is 29.6 Å².